The third-order valence-electron chi connectivity index (χ3n) is 4.09. The molecule has 0 saturated carbocycles. The Morgan fingerprint density at radius 1 is 1.31 bits per heavy atom. The van der Waals surface area contributed by atoms with Gasteiger partial charge in [-0.2, -0.15) is 5.10 Å². The van der Waals surface area contributed by atoms with Crippen LogP contribution in [0.4, 0.5) is 0 Å². The van der Waals surface area contributed by atoms with E-state index in [9.17, 15) is 13.2 Å². The smallest absolute Gasteiger partial charge is 0.261 e. The van der Waals surface area contributed by atoms with E-state index in [1.807, 2.05) is 20.0 Å². The van der Waals surface area contributed by atoms with Crippen LogP contribution in [0.3, 0.4) is 0 Å². The molecule has 0 aliphatic rings. The molecule has 9 heteroatoms. The van der Waals surface area contributed by atoms with Crippen molar-refractivity contribution in [2.24, 2.45) is 7.05 Å². The summed E-state index contributed by atoms with van der Waals surface area (Å²) in [6, 6.07) is 8.50. The molecule has 0 aliphatic carbocycles. The lowest BCUT2D eigenvalue weighted by atomic mass is 10.2. The van der Waals surface area contributed by atoms with Gasteiger partial charge in [0, 0.05) is 33.1 Å². The topological polar surface area (TPSA) is 84.3 Å². The summed E-state index contributed by atoms with van der Waals surface area (Å²) in [7, 11) is 1.24. The maximum absolute atomic E-state index is 12.5. The fourth-order valence-electron chi connectivity index (χ4n) is 2.68. The van der Waals surface area contributed by atoms with Gasteiger partial charge >= 0.3 is 0 Å². The SMILES string of the molecule is Cc1nn(C)c2sc(C(=O)NCc3ccccc3S(=O)(=O)N(C)C)cc12. The number of amides is 1. The van der Waals surface area contributed by atoms with E-state index < -0.39 is 10.0 Å². The molecule has 0 spiro atoms. The summed E-state index contributed by atoms with van der Waals surface area (Å²) in [4.78, 5) is 14.2. The largest absolute Gasteiger partial charge is 0.347 e. The van der Waals surface area contributed by atoms with Crippen LogP contribution in [0.1, 0.15) is 20.9 Å². The molecule has 3 rings (SSSR count). The number of benzene rings is 1. The molecule has 2 heterocycles. The summed E-state index contributed by atoms with van der Waals surface area (Å²) in [5, 5.41) is 8.10. The minimum Gasteiger partial charge on any atom is -0.347 e. The number of hydrogen-bond donors (Lipinski definition) is 1. The summed E-state index contributed by atoms with van der Waals surface area (Å²) in [5.74, 6) is -0.234. The molecule has 1 N–H and O–H groups in total. The number of sulfonamides is 1. The van der Waals surface area contributed by atoms with E-state index in [1.165, 1.54) is 25.4 Å². The van der Waals surface area contributed by atoms with Gasteiger partial charge in [-0.1, -0.05) is 18.2 Å². The van der Waals surface area contributed by atoms with Crippen LogP contribution in [0, 0.1) is 6.92 Å². The van der Waals surface area contributed by atoms with Crippen LogP contribution in [-0.2, 0) is 23.6 Å². The second kappa shape index (κ2) is 6.82. The lowest BCUT2D eigenvalue weighted by molar-refractivity contribution is 0.0954. The van der Waals surface area contributed by atoms with E-state index >= 15 is 0 Å². The third kappa shape index (κ3) is 3.25. The number of aromatic nitrogens is 2. The lowest BCUT2D eigenvalue weighted by Crippen LogP contribution is -2.26. The van der Waals surface area contributed by atoms with E-state index in [0.717, 1.165) is 20.2 Å². The zero-order chi connectivity index (χ0) is 19.1. The second-order valence-electron chi connectivity index (χ2n) is 6.12. The van der Waals surface area contributed by atoms with Crippen LogP contribution < -0.4 is 5.32 Å². The van der Waals surface area contributed by atoms with Crippen LogP contribution in [0.5, 0.6) is 0 Å². The Kier molecular flexibility index (Phi) is 4.87. The van der Waals surface area contributed by atoms with Crippen LogP contribution in [0.2, 0.25) is 0 Å². The molecule has 1 amide bonds. The molecule has 1 aromatic carbocycles. The van der Waals surface area contributed by atoms with Crippen molar-refractivity contribution in [1.82, 2.24) is 19.4 Å². The van der Waals surface area contributed by atoms with Crippen LogP contribution in [-0.4, -0.2) is 42.5 Å². The number of aryl methyl sites for hydroxylation is 2. The van der Waals surface area contributed by atoms with Gasteiger partial charge in [0.25, 0.3) is 5.91 Å². The second-order valence-corrected chi connectivity index (χ2v) is 9.27. The fraction of sp³-hybridized carbons (Fsp3) is 0.294. The third-order valence-corrected chi connectivity index (χ3v) is 7.21. The van der Waals surface area contributed by atoms with Crippen molar-refractivity contribution in [2.75, 3.05) is 14.1 Å². The molecule has 0 unspecified atom stereocenters. The van der Waals surface area contributed by atoms with Gasteiger partial charge < -0.3 is 5.32 Å². The first-order valence-electron chi connectivity index (χ1n) is 7.93. The summed E-state index contributed by atoms with van der Waals surface area (Å²) >= 11 is 1.36. The van der Waals surface area contributed by atoms with Gasteiger partial charge in [0.1, 0.15) is 4.83 Å². The summed E-state index contributed by atoms with van der Waals surface area (Å²) in [5.41, 5.74) is 1.42. The molecular weight excluding hydrogens is 372 g/mol. The predicted molar refractivity (Wildman–Crippen MR) is 102 cm³/mol. The van der Waals surface area contributed by atoms with E-state index in [-0.39, 0.29) is 17.3 Å². The molecule has 2 aromatic heterocycles. The van der Waals surface area contributed by atoms with Crippen LogP contribution >= 0.6 is 11.3 Å². The van der Waals surface area contributed by atoms with Crippen LogP contribution in [0.15, 0.2) is 35.2 Å². The van der Waals surface area contributed by atoms with Gasteiger partial charge in [0.05, 0.1) is 15.5 Å². The van der Waals surface area contributed by atoms with Crippen LogP contribution in [0.25, 0.3) is 10.2 Å². The first kappa shape index (κ1) is 18.6. The number of nitrogens with one attached hydrogen (secondary N) is 1. The zero-order valence-corrected chi connectivity index (χ0v) is 16.6. The number of hydrogen-bond acceptors (Lipinski definition) is 5. The van der Waals surface area contributed by atoms with Crippen molar-refractivity contribution < 1.29 is 13.2 Å². The molecular formula is C17H20N4O3S2. The van der Waals surface area contributed by atoms with Crippen molar-refractivity contribution in [3.63, 3.8) is 0 Å². The molecule has 7 nitrogen and oxygen atoms in total. The van der Waals surface area contributed by atoms with Crippen molar-refractivity contribution in [3.8, 4) is 0 Å². The molecule has 0 bridgehead atoms. The quantitative estimate of drug-likeness (QED) is 0.721. The van der Waals surface area contributed by atoms with E-state index in [4.69, 9.17) is 0 Å². The average molecular weight is 393 g/mol. The maximum atomic E-state index is 12.5. The minimum atomic E-state index is -3.57. The Hall–Kier alpha value is -2.23. The molecule has 0 fully saturated rings. The Morgan fingerprint density at radius 3 is 2.65 bits per heavy atom. The average Bonchev–Trinajstić information content (AvgIpc) is 3.15. The minimum absolute atomic E-state index is 0.132. The number of carbonyl (C=O) groups excluding carboxylic acids is 1. The van der Waals surface area contributed by atoms with Crippen molar-refractivity contribution in [3.05, 3.63) is 46.5 Å². The first-order chi connectivity index (χ1) is 12.2. The maximum Gasteiger partial charge on any atom is 0.261 e. The Bertz CT molecular complexity index is 1050. The van der Waals surface area contributed by atoms with Gasteiger partial charge in [0.2, 0.25) is 10.0 Å². The summed E-state index contributed by atoms with van der Waals surface area (Å²) in [6.07, 6.45) is 0. The van der Waals surface area contributed by atoms with Crippen molar-refractivity contribution >= 4 is 37.5 Å². The van der Waals surface area contributed by atoms with Gasteiger partial charge in [-0.3, -0.25) is 9.48 Å². The standard InChI is InChI=1S/C17H20N4O3S2/c1-11-13-9-14(25-17(13)21(4)19-11)16(22)18-10-12-7-5-6-8-15(12)26(23,24)20(2)3/h5-9H,10H2,1-4H3,(H,18,22). The van der Waals surface area contributed by atoms with Gasteiger partial charge in [-0.05, 0) is 24.6 Å². The van der Waals surface area contributed by atoms with E-state index in [0.29, 0.717) is 10.4 Å². The van der Waals surface area contributed by atoms with Crippen molar-refractivity contribution in [1.29, 1.82) is 0 Å². The predicted octanol–water partition coefficient (Wildman–Crippen LogP) is 2.12. The fourth-order valence-corrected chi connectivity index (χ4v) is 4.83. The molecule has 3 aromatic rings. The number of nitrogens with zero attached hydrogens (tertiary/aromatic N) is 3. The molecule has 26 heavy (non-hydrogen) atoms. The van der Waals surface area contributed by atoms with Gasteiger partial charge in [0.15, 0.2) is 0 Å². The molecule has 138 valence electrons. The number of carbonyl (C=O) groups is 1. The highest BCUT2D eigenvalue weighted by Gasteiger charge is 2.21. The van der Waals surface area contributed by atoms with Gasteiger partial charge in [-0.15, -0.1) is 11.3 Å². The number of rotatable bonds is 5. The highest BCUT2D eigenvalue weighted by Crippen LogP contribution is 2.27. The zero-order valence-electron chi connectivity index (χ0n) is 15.0. The first-order valence-corrected chi connectivity index (χ1v) is 10.2. The number of fused-ring (bicyclic) bond motifs is 1. The summed E-state index contributed by atoms with van der Waals surface area (Å²) < 4.78 is 27.8. The molecule has 0 aliphatic heterocycles. The molecule has 0 saturated heterocycles. The Morgan fingerprint density at radius 2 is 2.00 bits per heavy atom. The van der Waals surface area contributed by atoms with Gasteiger partial charge in [-0.25, -0.2) is 12.7 Å². The Balaban J connectivity index is 1.83. The normalized spacial score (nSPS) is 12.0. The van der Waals surface area contributed by atoms with E-state index in [2.05, 4.69) is 10.4 Å². The van der Waals surface area contributed by atoms with E-state index in [1.54, 1.807) is 28.9 Å². The molecule has 0 atom stereocenters. The highest BCUT2D eigenvalue weighted by atomic mass is 32.2. The van der Waals surface area contributed by atoms with Crippen molar-refractivity contribution in [2.45, 2.75) is 18.4 Å². The molecule has 0 radical (unpaired) electrons. The number of thiophene rings is 1. The highest BCUT2D eigenvalue weighted by molar-refractivity contribution is 7.89. The Labute approximate surface area is 156 Å². The monoisotopic (exact) mass is 392 g/mol. The summed E-state index contributed by atoms with van der Waals surface area (Å²) in [6.45, 7) is 2.03. The lowest BCUT2D eigenvalue weighted by Gasteiger charge is -2.15.